The summed E-state index contributed by atoms with van der Waals surface area (Å²) in [7, 11) is 0. The Kier molecular flexibility index (Phi) is 4.33. The summed E-state index contributed by atoms with van der Waals surface area (Å²) in [5.41, 5.74) is 4.08. The van der Waals surface area contributed by atoms with E-state index in [0.717, 1.165) is 12.1 Å². The van der Waals surface area contributed by atoms with Gasteiger partial charge in [0.1, 0.15) is 6.04 Å². The van der Waals surface area contributed by atoms with E-state index in [2.05, 4.69) is 0 Å². The van der Waals surface area contributed by atoms with E-state index in [1.807, 2.05) is 0 Å². The molecule has 0 spiro atoms. The van der Waals surface area contributed by atoms with Crippen LogP contribution >= 0.6 is 0 Å². The Morgan fingerprint density at radius 1 is 0.950 bits per heavy atom. The van der Waals surface area contributed by atoms with Crippen LogP contribution < -0.4 is 5.73 Å². The maximum atomic E-state index is 12.5. The average molecular weight is 301 g/mol. The molecule has 1 atom stereocenters. The third-order valence-corrected chi connectivity index (χ3v) is 2.55. The molecule has 0 heterocycles. The van der Waals surface area contributed by atoms with E-state index in [1.165, 1.54) is 0 Å². The third kappa shape index (κ3) is 3.62. The van der Waals surface area contributed by atoms with Crippen molar-refractivity contribution in [3.63, 3.8) is 0 Å². The molecule has 0 aliphatic carbocycles. The van der Waals surface area contributed by atoms with Gasteiger partial charge in [0.2, 0.25) is 0 Å². The molecule has 0 bridgehead atoms. The van der Waals surface area contributed by atoms with Gasteiger partial charge in [-0.25, -0.2) is 0 Å². The molecule has 0 saturated carbocycles. The zero-order valence-electron chi connectivity index (χ0n) is 9.66. The number of hydrogen-bond acceptors (Lipinski definition) is 2. The lowest BCUT2D eigenvalue weighted by molar-refractivity contribution is -0.253. The van der Waals surface area contributed by atoms with E-state index in [0.29, 0.717) is 12.1 Å². The largest absolute Gasteiger partial charge is 0.480 e. The first-order valence-electron chi connectivity index (χ1n) is 5.16. The average Bonchev–Trinajstić information content (AvgIpc) is 2.25. The van der Waals surface area contributed by atoms with Gasteiger partial charge in [0.25, 0.3) is 0 Å². The number of carboxylic acids is 1. The number of hydrogen-bond donors (Lipinski definition) is 2. The van der Waals surface area contributed by atoms with Crippen LogP contribution in [-0.2, 0) is 4.79 Å². The van der Waals surface area contributed by atoms with Crippen molar-refractivity contribution in [3.8, 4) is 0 Å². The highest BCUT2D eigenvalue weighted by Gasteiger charge is 2.57. The van der Waals surface area contributed by atoms with Crippen molar-refractivity contribution in [2.24, 2.45) is 5.73 Å². The van der Waals surface area contributed by atoms with Crippen LogP contribution in [0.4, 0.5) is 26.3 Å². The lowest BCUT2D eigenvalue weighted by Crippen LogP contribution is -2.34. The van der Waals surface area contributed by atoms with Crippen LogP contribution in [0, 0.1) is 0 Å². The van der Waals surface area contributed by atoms with Gasteiger partial charge in [-0.15, -0.1) is 0 Å². The van der Waals surface area contributed by atoms with Crippen LogP contribution in [0.1, 0.15) is 23.1 Å². The normalized spacial score (nSPS) is 14.4. The van der Waals surface area contributed by atoms with Crippen molar-refractivity contribution in [3.05, 3.63) is 35.4 Å². The second-order valence-electron chi connectivity index (χ2n) is 4.00. The molecule has 3 nitrogen and oxygen atoms in total. The molecule has 1 aromatic carbocycles. The molecule has 0 aliphatic heterocycles. The number of alkyl halides is 6. The summed E-state index contributed by atoms with van der Waals surface area (Å²) in [6, 6.07) is 1.30. The van der Waals surface area contributed by atoms with Crippen molar-refractivity contribution < 1.29 is 36.2 Å². The Balaban J connectivity index is 3.16. The molecule has 0 saturated heterocycles. The summed E-state index contributed by atoms with van der Waals surface area (Å²) in [5, 5.41) is 8.59. The van der Waals surface area contributed by atoms with Gasteiger partial charge in [0.15, 0.2) is 5.92 Å². The molecule has 3 N–H and O–H groups in total. The Morgan fingerprint density at radius 2 is 1.30 bits per heavy atom. The molecular formula is C11H9F6NO2. The number of carbonyl (C=O) groups is 1. The highest BCUT2D eigenvalue weighted by atomic mass is 19.4. The van der Waals surface area contributed by atoms with Gasteiger partial charge in [-0.2, -0.15) is 26.3 Å². The van der Waals surface area contributed by atoms with Gasteiger partial charge in [0, 0.05) is 0 Å². The molecule has 112 valence electrons. The van der Waals surface area contributed by atoms with Gasteiger partial charge in [-0.05, 0) is 11.1 Å². The highest BCUT2D eigenvalue weighted by molar-refractivity contribution is 5.75. The number of rotatable bonds is 3. The number of benzene rings is 1. The second-order valence-corrected chi connectivity index (χ2v) is 4.00. The summed E-state index contributed by atoms with van der Waals surface area (Å²) >= 11 is 0. The fourth-order valence-electron chi connectivity index (χ4n) is 1.60. The minimum Gasteiger partial charge on any atom is -0.480 e. The minimum absolute atomic E-state index is 0.0932. The summed E-state index contributed by atoms with van der Waals surface area (Å²) in [4.78, 5) is 10.6. The molecule has 0 fully saturated rings. The molecule has 20 heavy (non-hydrogen) atoms. The first kappa shape index (κ1) is 16.3. The SMILES string of the molecule is NC(C(=O)O)c1ccc(C(C(F)(F)F)C(F)(F)F)cc1. The molecule has 1 rings (SSSR count). The topological polar surface area (TPSA) is 63.3 Å². The summed E-state index contributed by atoms with van der Waals surface area (Å²) < 4.78 is 74.7. The van der Waals surface area contributed by atoms with Crippen LogP contribution in [0.25, 0.3) is 0 Å². The molecular weight excluding hydrogens is 292 g/mol. The zero-order valence-corrected chi connectivity index (χ0v) is 9.66. The molecule has 0 aromatic heterocycles. The molecule has 0 amide bonds. The first-order valence-corrected chi connectivity index (χ1v) is 5.16. The molecule has 0 radical (unpaired) electrons. The molecule has 0 aliphatic rings. The maximum absolute atomic E-state index is 12.5. The standard InChI is InChI=1S/C11H9F6NO2/c12-10(13,14)8(11(15,16)17)6-3-1-5(2-4-6)7(18)9(19)20/h1-4,7-8H,18H2,(H,19,20). The van der Waals surface area contributed by atoms with Crippen molar-refractivity contribution in [1.82, 2.24) is 0 Å². The van der Waals surface area contributed by atoms with Crippen molar-refractivity contribution in [2.75, 3.05) is 0 Å². The van der Waals surface area contributed by atoms with Gasteiger partial charge in [-0.1, -0.05) is 24.3 Å². The van der Waals surface area contributed by atoms with Crippen LogP contribution in [0.15, 0.2) is 24.3 Å². The Bertz CT molecular complexity index is 465. The van der Waals surface area contributed by atoms with Gasteiger partial charge in [-0.3, -0.25) is 4.79 Å². The number of carboxylic acid groups (broad SMARTS) is 1. The monoisotopic (exact) mass is 301 g/mol. The van der Waals surface area contributed by atoms with Crippen LogP contribution in [0.2, 0.25) is 0 Å². The quantitative estimate of drug-likeness (QED) is 0.844. The van der Waals surface area contributed by atoms with Gasteiger partial charge >= 0.3 is 18.3 Å². The fourth-order valence-corrected chi connectivity index (χ4v) is 1.60. The number of halogens is 6. The van der Waals surface area contributed by atoms with Crippen LogP contribution in [0.3, 0.4) is 0 Å². The van der Waals surface area contributed by atoms with Gasteiger partial charge in [0.05, 0.1) is 0 Å². The van der Waals surface area contributed by atoms with Gasteiger partial charge < -0.3 is 10.8 Å². The minimum atomic E-state index is -5.49. The van der Waals surface area contributed by atoms with E-state index in [1.54, 1.807) is 0 Å². The predicted octanol–water partition coefficient (Wildman–Crippen LogP) is 2.98. The van der Waals surface area contributed by atoms with E-state index in [4.69, 9.17) is 10.8 Å². The van der Waals surface area contributed by atoms with E-state index in [-0.39, 0.29) is 5.56 Å². The molecule has 1 aromatic rings. The fraction of sp³-hybridized carbons (Fsp3) is 0.364. The predicted molar refractivity (Wildman–Crippen MR) is 55.9 cm³/mol. The van der Waals surface area contributed by atoms with Crippen LogP contribution in [-0.4, -0.2) is 23.4 Å². The Labute approximate surface area is 109 Å². The summed E-state index contributed by atoms with van der Waals surface area (Å²) in [5.74, 6) is -5.06. The first-order chi connectivity index (χ1) is 8.94. The Hall–Kier alpha value is -1.77. The highest BCUT2D eigenvalue weighted by Crippen LogP contribution is 2.46. The maximum Gasteiger partial charge on any atom is 0.404 e. The van der Waals surface area contributed by atoms with E-state index in [9.17, 15) is 31.1 Å². The van der Waals surface area contributed by atoms with Crippen molar-refractivity contribution in [2.45, 2.75) is 24.3 Å². The third-order valence-electron chi connectivity index (χ3n) is 2.55. The van der Waals surface area contributed by atoms with E-state index >= 15 is 0 Å². The smallest absolute Gasteiger partial charge is 0.404 e. The zero-order chi connectivity index (χ0) is 15.7. The molecule has 1 unspecified atom stereocenters. The van der Waals surface area contributed by atoms with Crippen molar-refractivity contribution in [1.29, 1.82) is 0 Å². The lowest BCUT2D eigenvalue weighted by atomic mass is 9.95. The summed E-state index contributed by atoms with van der Waals surface area (Å²) in [6.45, 7) is 0. The van der Waals surface area contributed by atoms with E-state index < -0.39 is 35.8 Å². The number of nitrogens with two attached hydrogens (primary N) is 1. The van der Waals surface area contributed by atoms with Crippen molar-refractivity contribution >= 4 is 5.97 Å². The van der Waals surface area contributed by atoms with Crippen LogP contribution in [0.5, 0.6) is 0 Å². The second kappa shape index (κ2) is 5.31. The summed E-state index contributed by atoms with van der Waals surface area (Å²) in [6.07, 6.45) is -11.0. The lowest BCUT2D eigenvalue weighted by Gasteiger charge is -2.23. The Morgan fingerprint density at radius 3 is 1.60 bits per heavy atom. The molecule has 9 heteroatoms. The number of aliphatic carboxylic acids is 1.